The van der Waals surface area contributed by atoms with Crippen LogP contribution in [0.4, 0.5) is 5.82 Å². The van der Waals surface area contributed by atoms with Gasteiger partial charge < -0.3 is 5.32 Å². The molecule has 0 amide bonds. The molecule has 0 radical (unpaired) electrons. The molecule has 2 heterocycles. The molecule has 84 valence electrons. The summed E-state index contributed by atoms with van der Waals surface area (Å²) in [6, 6.07) is 0. The summed E-state index contributed by atoms with van der Waals surface area (Å²) < 4.78 is 1.05. The molecule has 0 aliphatic rings. The smallest absolute Gasteiger partial charge is 0.190 e. The zero-order valence-corrected chi connectivity index (χ0v) is 12.2. The van der Waals surface area contributed by atoms with E-state index in [2.05, 4.69) is 42.9 Å². The Bertz CT molecular complexity index is 524. The molecule has 2 aromatic rings. The maximum absolute atomic E-state index is 4.45. The van der Waals surface area contributed by atoms with Crippen molar-refractivity contribution in [1.29, 1.82) is 0 Å². The van der Waals surface area contributed by atoms with Crippen molar-refractivity contribution >= 4 is 39.7 Å². The fourth-order valence-corrected chi connectivity index (χ4v) is 2.52. The highest BCUT2D eigenvalue weighted by molar-refractivity contribution is 14.1. The van der Waals surface area contributed by atoms with E-state index in [1.165, 1.54) is 0 Å². The summed E-state index contributed by atoms with van der Waals surface area (Å²) >= 11 is 3.81. The number of hydrogen-bond acceptors (Lipinski definition) is 5. The standard InChI is InChI=1S/C10H11IN4S/c1-5-4-16-10(13-5)9-14-6(2)7(11)8(12-3)15-9/h4H,1-3H3,(H,12,14,15). The number of nitrogens with one attached hydrogen (secondary N) is 1. The van der Waals surface area contributed by atoms with Crippen LogP contribution in [0.1, 0.15) is 11.4 Å². The quantitative estimate of drug-likeness (QED) is 0.850. The van der Waals surface area contributed by atoms with E-state index in [0.717, 1.165) is 25.8 Å². The summed E-state index contributed by atoms with van der Waals surface area (Å²) in [5.41, 5.74) is 1.98. The van der Waals surface area contributed by atoms with Crippen molar-refractivity contribution in [2.24, 2.45) is 0 Å². The molecular weight excluding hydrogens is 335 g/mol. The highest BCUT2D eigenvalue weighted by Crippen LogP contribution is 2.25. The molecule has 0 aliphatic carbocycles. The summed E-state index contributed by atoms with van der Waals surface area (Å²) in [6.45, 7) is 3.95. The van der Waals surface area contributed by atoms with Crippen molar-refractivity contribution in [2.75, 3.05) is 12.4 Å². The van der Waals surface area contributed by atoms with Crippen LogP contribution < -0.4 is 5.32 Å². The largest absolute Gasteiger partial charge is 0.372 e. The second kappa shape index (κ2) is 4.62. The predicted molar refractivity (Wildman–Crippen MR) is 74.9 cm³/mol. The van der Waals surface area contributed by atoms with Gasteiger partial charge in [-0.25, -0.2) is 15.0 Å². The van der Waals surface area contributed by atoms with E-state index in [4.69, 9.17) is 0 Å². The lowest BCUT2D eigenvalue weighted by Gasteiger charge is -2.06. The first-order chi connectivity index (χ1) is 7.61. The molecule has 0 aliphatic heterocycles. The van der Waals surface area contributed by atoms with Crippen molar-refractivity contribution in [1.82, 2.24) is 15.0 Å². The zero-order valence-electron chi connectivity index (χ0n) is 9.21. The van der Waals surface area contributed by atoms with Gasteiger partial charge in [-0.05, 0) is 36.4 Å². The van der Waals surface area contributed by atoms with E-state index in [-0.39, 0.29) is 0 Å². The second-order valence-corrected chi connectivity index (χ2v) is 5.28. The molecule has 0 saturated carbocycles. The predicted octanol–water partition coefficient (Wildman–Crippen LogP) is 2.86. The monoisotopic (exact) mass is 346 g/mol. The van der Waals surface area contributed by atoms with Crippen LogP contribution in [-0.2, 0) is 0 Å². The van der Waals surface area contributed by atoms with Crippen molar-refractivity contribution < 1.29 is 0 Å². The van der Waals surface area contributed by atoms with Crippen LogP contribution in [-0.4, -0.2) is 22.0 Å². The van der Waals surface area contributed by atoms with Crippen LogP contribution >= 0.6 is 33.9 Å². The minimum atomic E-state index is 0.695. The summed E-state index contributed by atoms with van der Waals surface area (Å²) in [5.74, 6) is 1.55. The average Bonchev–Trinajstić information content (AvgIpc) is 2.69. The number of aromatic nitrogens is 3. The van der Waals surface area contributed by atoms with Crippen LogP contribution in [0.15, 0.2) is 5.38 Å². The van der Waals surface area contributed by atoms with Crippen LogP contribution in [0.25, 0.3) is 10.8 Å². The molecule has 4 nitrogen and oxygen atoms in total. The maximum atomic E-state index is 4.45. The highest BCUT2D eigenvalue weighted by Gasteiger charge is 2.11. The summed E-state index contributed by atoms with van der Waals surface area (Å²) in [7, 11) is 1.86. The number of halogens is 1. The van der Waals surface area contributed by atoms with Crippen molar-refractivity contribution in [3.8, 4) is 10.8 Å². The lowest BCUT2D eigenvalue weighted by atomic mass is 10.4. The molecule has 0 atom stereocenters. The number of thiazole rings is 1. The molecule has 6 heteroatoms. The molecule has 0 bridgehead atoms. The molecule has 0 aromatic carbocycles. The third kappa shape index (κ3) is 2.17. The first-order valence-electron chi connectivity index (χ1n) is 4.76. The molecule has 2 aromatic heterocycles. The Balaban J connectivity index is 2.54. The van der Waals surface area contributed by atoms with Gasteiger partial charge in [-0.1, -0.05) is 0 Å². The Kier molecular flexibility index (Phi) is 3.38. The lowest BCUT2D eigenvalue weighted by molar-refractivity contribution is 1.08. The van der Waals surface area contributed by atoms with Gasteiger partial charge in [-0.2, -0.15) is 0 Å². The molecule has 1 N–H and O–H groups in total. The third-order valence-electron chi connectivity index (χ3n) is 2.06. The van der Waals surface area contributed by atoms with Gasteiger partial charge in [0, 0.05) is 18.1 Å². The van der Waals surface area contributed by atoms with Gasteiger partial charge >= 0.3 is 0 Å². The number of anilines is 1. The number of hydrogen-bond donors (Lipinski definition) is 1. The van der Waals surface area contributed by atoms with Gasteiger partial charge in [0.2, 0.25) is 0 Å². The van der Waals surface area contributed by atoms with Crippen LogP contribution in [0.2, 0.25) is 0 Å². The van der Waals surface area contributed by atoms with Crippen molar-refractivity contribution in [2.45, 2.75) is 13.8 Å². The van der Waals surface area contributed by atoms with E-state index in [9.17, 15) is 0 Å². The van der Waals surface area contributed by atoms with E-state index in [1.54, 1.807) is 11.3 Å². The topological polar surface area (TPSA) is 50.7 Å². The van der Waals surface area contributed by atoms with Gasteiger partial charge in [-0.15, -0.1) is 11.3 Å². The van der Waals surface area contributed by atoms with Gasteiger partial charge in [0.05, 0.1) is 9.26 Å². The molecule has 16 heavy (non-hydrogen) atoms. The van der Waals surface area contributed by atoms with Crippen LogP contribution in [0, 0.1) is 17.4 Å². The van der Waals surface area contributed by atoms with Crippen LogP contribution in [0.3, 0.4) is 0 Å². The van der Waals surface area contributed by atoms with Gasteiger partial charge in [-0.3, -0.25) is 0 Å². The third-order valence-corrected chi connectivity index (χ3v) is 4.31. The second-order valence-electron chi connectivity index (χ2n) is 3.34. The molecule has 2 rings (SSSR count). The van der Waals surface area contributed by atoms with Gasteiger partial charge in [0.25, 0.3) is 0 Å². The molecule has 0 saturated heterocycles. The van der Waals surface area contributed by atoms with E-state index in [0.29, 0.717) is 5.82 Å². The Morgan fingerprint density at radius 3 is 2.56 bits per heavy atom. The van der Waals surface area contributed by atoms with Crippen molar-refractivity contribution in [3.05, 3.63) is 20.3 Å². The fourth-order valence-electron chi connectivity index (χ4n) is 1.28. The maximum Gasteiger partial charge on any atom is 0.190 e. The Morgan fingerprint density at radius 2 is 2.00 bits per heavy atom. The van der Waals surface area contributed by atoms with Crippen LogP contribution in [0.5, 0.6) is 0 Å². The molecule has 0 spiro atoms. The Morgan fingerprint density at radius 1 is 1.25 bits per heavy atom. The summed E-state index contributed by atoms with van der Waals surface area (Å²) in [5, 5.41) is 5.95. The SMILES string of the molecule is CNc1nc(-c2nc(C)cs2)nc(C)c1I. The van der Waals surface area contributed by atoms with E-state index < -0.39 is 0 Å². The van der Waals surface area contributed by atoms with Crippen molar-refractivity contribution in [3.63, 3.8) is 0 Å². The zero-order chi connectivity index (χ0) is 11.7. The minimum absolute atomic E-state index is 0.695. The number of rotatable bonds is 2. The summed E-state index contributed by atoms with van der Waals surface area (Å²) in [4.78, 5) is 13.3. The average molecular weight is 346 g/mol. The molecule has 0 fully saturated rings. The summed E-state index contributed by atoms with van der Waals surface area (Å²) in [6.07, 6.45) is 0. The first kappa shape index (κ1) is 11.7. The first-order valence-corrected chi connectivity index (χ1v) is 6.72. The highest BCUT2D eigenvalue weighted by atomic mass is 127. The van der Waals surface area contributed by atoms with E-state index >= 15 is 0 Å². The molecule has 0 unspecified atom stereocenters. The van der Waals surface area contributed by atoms with Gasteiger partial charge in [0.15, 0.2) is 10.8 Å². The van der Waals surface area contributed by atoms with Gasteiger partial charge in [0.1, 0.15) is 5.82 Å². The lowest BCUT2D eigenvalue weighted by Crippen LogP contribution is -2.02. The number of aryl methyl sites for hydroxylation is 2. The number of nitrogens with zero attached hydrogens (tertiary/aromatic N) is 3. The fraction of sp³-hybridized carbons (Fsp3) is 0.300. The molecular formula is C10H11IN4S. The Labute approximate surface area is 112 Å². The minimum Gasteiger partial charge on any atom is -0.372 e. The Hall–Kier alpha value is -0.760. The normalized spacial score (nSPS) is 10.5. The van der Waals surface area contributed by atoms with E-state index in [1.807, 2.05) is 26.3 Å².